The number of anilines is 1. The molecule has 1 aromatic carbocycles. The number of carbonyl (C=O) groups excluding carboxylic acids is 1. The molecule has 0 radical (unpaired) electrons. The minimum atomic E-state index is -3.90. The number of benzene rings is 1. The first-order valence-electron chi connectivity index (χ1n) is 4.84. The average Bonchev–Trinajstić information content (AvgIpc) is 2.27. The number of primary sulfonamides is 1. The topological polar surface area (TPSA) is 133 Å². The van der Waals surface area contributed by atoms with Crippen molar-refractivity contribution < 1.29 is 26.4 Å². The van der Waals surface area contributed by atoms with Gasteiger partial charge in [-0.2, -0.15) is 0 Å². The molecule has 0 saturated heterocycles. The second-order valence-electron chi connectivity index (χ2n) is 3.51. The average molecular weight is 308 g/mol. The van der Waals surface area contributed by atoms with Crippen molar-refractivity contribution in [1.82, 2.24) is 0 Å². The molecule has 0 spiro atoms. The summed E-state index contributed by atoms with van der Waals surface area (Å²) in [6, 6.07) is 4.72. The Balaban J connectivity index is 2.87. The lowest BCUT2D eigenvalue weighted by atomic mass is 10.3. The van der Waals surface area contributed by atoms with Gasteiger partial charge in [-0.25, -0.2) is 22.0 Å². The van der Waals surface area contributed by atoms with Crippen molar-refractivity contribution in [1.29, 1.82) is 0 Å². The Morgan fingerprint density at radius 1 is 1.21 bits per heavy atom. The molecule has 0 unspecified atom stereocenters. The number of nitrogens with two attached hydrogens (primary N) is 1. The SMILES string of the molecule is COC(=O)CS(=O)(=O)Nc1ccc(S(N)(=O)=O)cc1. The fraction of sp³-hybridized carbons (Fsp3) is 0.222. The molecule has 0 fully saturated rings. The van der Waals surface area contributed by atoms with E-state index in [2.05, 4.69) is 9.46 Å². The summed E-state index contributed by atoms with van der Waals surface area (Å²) in [5.74, 6) is -1.74. The number of ether oxygens (including phenoxy) is 1. The molecule has 0 aromatic heterocycles. The second kappa shape index (κ2) is 5.55. The third kappa shape index (κ3) is 4.85. The van der Waals surface area contributed by atoms with Gasteiger partial charge in [-0.1, -0.05) is 0 Å². The molecule has 0 bridgehead atoms. The van der Waals surface area contributed by atoms with Gasteiger partial charge < -0.3 is 4.74 Å². The van der Waals surface area contributed by atoms with E-state index in [-0.39, 0.29) is 10.6 Å². The van der Waals surface area contributed by atoms with Gasteiger partial charge in [-0.3, -0.25) is 9.52 Å². The number of hydrogen-bond donors (Lipinski definition) is 2. The maximum absolute atomic E-state index is 11.5. The van der Waals surface area contributed by atoms with Crippen molar-refractivity contribution >= 4 is 31.7 Å². The van der Waals surface area contributed by atoms with Crippen molar-refractivity contribution in [2.75, 3.05) is 17.6 Å². The molecule has 3 N–H and O–H groups in total. The first-order valence-corrected chi connectivity index (χ1v) is 8.04. The van der Waals surface area contributed by atoms with E-state index in [1.165, 1.54) is 12.1 Å². The van der Waals surface area contributed by atoms with Crippen LogP contribution in [0.2, 0.25) is 0 Å². The predicted molar refractivity (Wildman–Crippen MR) is 67.2 cm³/mol. The molecule has 8 nitrogen and oxygen atoms in total. The summed E-state index contributed by atoms with van der Waals surface area (Å²) < 4.78 is 51.3. The van der Waals surface area contributed by atoms with E-state index in [0.29, 0.717) is 0 Å². The van der Waals surface area contributed by atoms with Gasteiger partial charge in [-0.15, -0.1) is 0 Å². The van der Waals surface area contributed by atoms with Crippen LogP contribution in [0, 0.1) is 0 Å². The molecule has 0 aliphatic carbocycles. The summed E-state index contributed by atoms with van der Waals surface area (Å²) in [6.07, 6.45) is 0. The smallest absolute Gasteiger partial charge is 0.322 e. The third-order valence-corrected chi connectivity index (χ3v) is 4.08. The van der Waals surface area contributed by atoms with E-state index in [9.17, 15) is 21.6 Å². The van der Waals surface area contributed by atoms with Crippen molar-refractivity contribution in [3.63, 3.8) is 0 Å². The Hall–Kier alpha value is -1.65. The molecule has 106 valence electrons. The zero-order valence-corrected chi connectivity index (χ0v) is 11.5. The van der Waals surface area contributed by atoms with Gasteiger partial charge in [0.05, 0.1) is 12.0 Å². The fourth-order valence-electron chi connectivity index (χ4n) is 1.14. The highest BCUT2D eigenvalue weighted by atomic mass is 32.2. The highest BCUT2D eigenvalue weighted by molar-refractivity contribution is 7.93. The van der Waals surface area contributed by atoms with Gasteiger partial charge in [0, 0.05) is 5.69 Å². The number of esters is 1. The van der Waals surface area contributed by atoms with Crippen LogP contribution in [0.1, 0.15) is 0 Å². The number of methoxy groups -OCH3 is 1. The summed E-state index contributed by atoms with van der Waals surface area (Å²) in [5.41, 5.74) is 0.108. The van der Waals surface area contributed by atoms with E-state index in [4.69, 9.17) is 5.14 Å². The monoisotopic (exact) mass is 308 g/mol. The van der Waals surface area contributed by atoms with E-state index >= 15 is 0 Å². The summed E-state index contributed by atoms with van der Waals surface area (Å²) >= 11 is 0. The van der Waals surface area contributed by atoms with Crippen LogP contribution in [0.3, 0.4) is 0 Å². The number of sulfonamides is 2. The van der Waals surface area contributed by atoms with Gasteiger partial charge in [0.2, 0.25) is 20.0 Å². The van der Waals surface area contributed by atoms with Crippen molar-refractivity contribution in [2.24, 2.45) is 5.14 Å². The molecule has 19 heavy (non-hydrogen) atoms. The van der Waals surface area contributed by atoms with Gasteiger partial charge in [0.15, 0.2) is 5.75 Å². The lowest BCUT2D eigenvalue weighted by Crippen LogP contribution is -2.23. The van der Waals surface area contributed by atoms with Gasteiger partial charge in [0.1, 0.15) is 0 Å². The first-order chi connectivity index (χ1) is 8.64. The summed E-state index contributed by atoms with van der Waals surface area (Å²) in [4.78, 5) is 10.7. The summed E-state index contributed by atoms with van der Waals surface area (Å²) in [7, 11) is -6.67. The lowest BCUT2D eigenvalue weighted by Gasteiger charge is -2.07. The molecule has 0 amide bonds. The maximum Gasteiger partial charge on any atom is 0.322 e. The molecule has 1 rings (SSSR count). The third-order valence-electron chi connectivity index (χ3n) is 1.99. The molecular weight excluding hydrogens is 296 g/mol. The normalized spacial score (nSPS) is 11.9. The zero-order valence-electron chi connectivity index (χ0n) is 9.86. The molecule has 0 atom stereocenters. The van der Waals surface area contributed by atoms with Crippen LogP contribution in [0.5, 0.6) is 0 Å². The Morgan fingerprint density at radius 2 is 1.74 bits per heavy atom. The van der Waals surface area contributed by atoms with E-state index < -0.39 is 31.8 Å². The molecule has 0 aliphatic heterocycles. The van der Waals surface area contributed by atoms with Crippen LogP contribution in [0.25, 0.3) is 0 Å². The van der Waals surface area contributed by atoms with Crippen molar-refractivity contribution in [3.8, 4) is 0 Å². The molecular formula is C9H12N2O6S2. The molecule has 0 heterocycles. The minimum absolute atomic E-state index is 0.108. The minimum Gasteiger partial charge on any atom is -0.468 e. The Kier molecular flexibility index (Phi) is 4.50. The summed E-state index contributed by atoms with van der Waals surface area (Å²) in [6.45, 7) is 0. The zero-order chi connectivity index (χ0) is 14.7. The standard InChI is InChI=1S/C9H12N2O6S2/c1-17-9(12)6-18(13,14)11-7-2-4-8(5-3-7)19(10,15)16/h2-5,11H,6H2,1H3,(H2,10,15,16). The number of hydrogen-bond acceptors (Lipinski definition) is 6. The molecule has 0 saturated carbocycles. The highest BCUT2D eigenvalue weighted by Crippen LogP contribution is 2.14. The molecule has 1 aromatic rings. The number of nitrogens with one attached hydrogen (secondary N) is 1. The summed E-state index contributed by atoms with van der Waals surface area (Å²) in [5, 5.41) is 4.89. The highest BCUT2D eigenvalue weighted by Gasteiger charge is 2.17. The Morgan fingerprint density at radius 3 is 2.16 bits per heavy atom. The van der Waals surface area contributed by atoms with Crippen LogP contribution in [0.4, 0.5) is 5.69 Å². The van der Waals surface area contributed by atoms with Gasteiger partial charge >= 0.3 is 5.97 Å². The molecule has 10 heteroatoms. The Labute approximate surface area is 110 Å². The first kappa shape index (κ1) is 15.4. The maximum atomic E-state index is 11.5. The van der Waals surface area contributed by atoms with Gasteiger partial charge in [-0.05, 0) is 24.3 Å². The van der Waals surface area contributed by atoms with E-state index in [1.54, 1.807) is 0 Å². The number of carbonyl (C=O) groups is 1. The van der Waals surface area contributed by atoms with Crippen LogP contribution >= 0.6 is 0 Å². The quantitative estimate of drug-likeness (QED) is 0.688. The van der Waals surface area contributed by atoms with Crippen LogP contribution in [0.15, 0.2) is 29.2 Å². The van der Waals surface area contributed by atoms with Crippen LogP contribution in [-0.2, 0) is 29.6 Å². The van der Waals surface area contributed by atoms with Crippen molar-refractivity contribution in [3.05, 3.63) is 24.3 Å². The van der Waals surface area contributed by atoms with Crippen LogP contribution in [-0.4, -0.2) is 35.7 Å². The number of rotatable bonds is 5. The van der Waals surface area contributed by atoms with E-state index in [0.717, 1.165) is 19.2 Å². The van der Waals surface area contributed by atoms with E-state index in [1.807, 2.05) is 0 Å². The fourth-order valence-corrected chi connectivity index (χ4v) is 2.65. The van der Waals surface area contributed by atoms with Crippen LogP contribution < -0.4 is 9.86 Å². The van der Waals surface area contributed by atoms with Gasteiger partial charge in [0.25, 0.3) is 0 Å². The predicted octanol–water partition coefficient (Wildman–Crippen LogP) is -0.751. The largest absolute Gasteiger partial charge is 0.468 e. The molecule has 0 aliphatic rings. The second-order valence-corrected chi connectivity index (χ2v) is 6.79. The Bertz CT molecular complexity index is 663. The van der Waals surface area contributed by atoms with Crippen molar-refractivity contribution in [2.45, 2.75) is 4.90 Å². The lowest BCUT2D eigenvalue weighted by molar-refractivity contribution is -0.137.